The Labute approximate surface area is 115 Å². The Morgan fingerprint density at radius 3 is 2.58 bits per heavy atom. The first-order chi connectivity index (χ1) is 9.24. The van der Waals surface area contributed by atoms with Crippen molar-refractivity contribution in [3.63, 3.8) is 0 Å². The fourth-order valence-corrected chi connectivity index (χ4v) is 2.69. The number of nitrogens with zero attached hydrogens (tertiary/aromatic N) is 3. The summed E-state index contributed by atoms with van der Waals surface area (Å²) in [4.78, 5) is 13.2. The molecule has 0 radical (unpaired) electrons. The van der Waals surface area contributed by atoms with Gasteiger partial charge in [0.15, 0.2) is 5.82 Å². The van der Waals surface area contributed by atoms with Crippen molar-refractivity contribution >= 4 is 5.95 Å². The highest BCUT2D eigenvalue weighted by Gasteiger charge is 2.23. The van der Waals surface area contributed by atoms with Crippen LogP contribution in [-0.4, -0.2) is 21.6 Å². The summed E-state index contributed by atoms with van der Waals surface area (Å²) in [5.74, 6) is 2.35. The highest BCUT2D eigenvalue weighted by Crippen LogP contribution is 2.33. The minimum Gasteiger partial charge on any atom is -0.371 e. The molecule has 19 heavy (non-hydrogen) atoms. The maximum atomic E-state index is 5.84. The highest BCUT2D eigenvalue weighted by molar-refractivity contribution is 5.19. The van der Waals surface area contributed by atoms with Crippen molar-refractivity contribution in [2.45, 2.75) is 64.4 Å². The molecule has 106 valence electrons. The van der Waals surface area contributed by atoms with Crippen LogP contribution in [0.4, 0.5) is 5.95 Å². The van der Waals surface area contributed by atoms with Gasteiger partial charge in [-0.1, -0.05) is 26.2 Å². The molecule has 1 heterocycles. The van der Waals surface area contributed by atoms with E-state index in [9.17, 15) is 0 Å². The van der Waals surface area contributed by atoms with Gasteiger partial charge in [-0.3, -0.25) is 0 Å². The van der Waals surface area contributed by atoms with E-state index in [0.717, 1.165) is 31.5 Å². The number of aromatic nitrogens is 3. The molecule has 2 N–H and O–H groups in total. The maximum Gasteiger partial charge on any atom is 0.223 e. The Morgan fingerprint density at radius 2 is 1.95 bits per heavy atom. The van der Waals surface area contributed by atoms with Crippen LogP contribution >= 0.6 is 0 Å². The second-order valence-corrected chi connectivity index (χ2v) is 5.12. The third-order valence-corrected chi connectivity index (χ3v) is 3.61. The average Bonchev–Trinajstić information content (AvgIpc) is 2.91. The summed E-state index contributed by atoms with van der Waals surface area (Å²) in [6.07, 6.45) is 6.74. The molecule has 5 heteroatoms. The van der Waals surface area contributed by atoms with Gasteiger partial charge >= 0.3 is 0 Å². The molecule has 1 atom stereocenters. The van der Waals surface area contributed by atoms with Gasteiger partial charge in [0.05, 0.1) is 0 Å². The zero-order valence-electron chi connectivity index (χ0n) is 11.9. The summed E-state index contributed by atoms with van der Waals surface area (Å²) in [5, 5.41) is 0. The lowest BCUT2D eigenvalue weighted by molar-refractivity contribution is 0.0491. The molecule has 0 aromatic carbocycles. The fraction of sp³-hybridized carbons (Fsp3) is 0.786. The van der Waals surface area contributed by atoms with Crippen molar-refractivity contribution < 1.29 is 4.74 Å². The second kappa shape index (κ2) is 6.80. The number of anilines is 1. The van der Waals surface area contributed by atoms with Crippen molar-refractivity contribution in [2.24, 2.45) is 0 Å². The summed E-state index contributed by atoms with van der Waals surface area (Å²) < 4.78 is 5.73. The lowest BCUT2D eigenvalue weighted by Gasteiger charge is -2.17. The van der Waals surface area contributed by atoms with Gasteiger partial charge in [-0.15, -0.1) is 0 Å². The number of ether oxygens (including phenoxy) is 1. The summed E-state index contributed by atoms with van der Waals surface area (Å²) in [7, 11) is 0. The third-order valence-electron chi connectivity index (χ3n) is 3.61. The summed E-state index contributed by atoms with van der Waals surface area (Å²) in [6.45, 7) is 4.79. The van der Waals surface area contributed by atoms with Crippen LogP contribution in [0.15, 0.2) is 0 Å². The molecule has 0 aliphatic heterocycles. The van der Waals surface area contributed by atoms with Gasteiger partial charge < -0.3 is 10.5 Å². The minimum atomic E-state index is -0.0551. The number of nitrogen functional groups attached to an aromatic ring is 1. The van der Waals surface area contributed by atoms with E-state index in [0.29, 0.717) is 24.3 Å². The van der Waals surface area contributed by atoms with Crippen molar-refractivity contribution in [3.05, 3.63) is 11.6 Å². The Morgan fingerprint density at radius 1 is 1.21 bits per heavy atom. The molecule has 1 unspecified atom stereocenters. The van der Waals surface area contributed by atoms with E-state index in [1.807, 2.05) is 6.92 Å². The van der Waals surface area contributed by atoms with Gasteiger partial charge in [-0.05, 0) is 26.2 Å². The summed E-state index contributed by atoms with van der Waals surface area (Å²) >= 11 is 0. The molecule has 0 bridgehead atoms. The number of hydrogen-bond donors (Lipinski definition) is 1. The topological polar surface area (TPSA) is 73.9 Å². The van der Waals surface area contributed by atoms with Gasteiger partial charge in [0, 0.05) is 12.5 Å². The van der Waals surface area contributed by atoms with Crippen LogP contribution in [0.2, 0.25) is 0 Å². The van der Waals surface area contributed by atoms with Gasteiger partial charge in [0.2, 0.25) is 5.95 Å². The molecule has 5 nitrogen and oxygen atoms in total. The summed E-state index contributed by atoms with van der Waals surface area (Å²) in [5.41, 5.74) is 5.84. The zero-order valence-corrected chi connectivity index (χ0v) is 11.9. The van der Waals surface area contributed by atoms with E-state index in [-0.39, 0.29) is 6.10 Å². The fourth-order valence-electron chi connectivity index (χ4n) is 2.69. The van der Waals surface area contributed by atoms with E-state index in [1.165, 1.54) is 12.8 Å². The Balaban J connectivity index is 2.23. The molecule has 1 aromatic heterocycles. The molecular weight excluding hydrogens is 240 g/mol. The van der Waals surface area contributed by atoms with E-state index >= 15 is 0 Å². The minimum absolute atomic E-state index is 0.0551. The average molecular weight is 264 g/mol. The molecule has 0 saturated heterocycles. The van der Waals surface area contributed by atoms with Crippen LogP contribution in [-0.2, 0) is 4.74 Å². The largest absolute Gasteiger partial charge is 0.371 e. The van der Waals surface area contributed by atoms with Crippen LogP contribution in [0.5, 0.6) is 0 Å². The first kappa shape index (κ1) is 14.2. The van der Waals surface area contributed by atoms with Crippen LogP contribution in [0.3, 0.4) is 0 Å². The van der Waals surface area contributed by atoms with E-state index in [2.05, 4.69) is 21.9 Å². The number of rotatable bonds is 6. The van der Waals surface area contributed by atoms with Crippen LogP contribution in [0, 0.1) is 0 Å². The zero-order chi connectivity index (χ0) is 13.7. The van der Waals surface area contributed by atoms with E-state index < -0.39 is 0 Å². The van der Waals surface area contributed by atoms with Crippen LogP contribution < -0.4 is 5.73 Å². The molecule has 2 rings (SSSR count). The normalized spacial score (nSPS) is 17.8. The molecule has 0 amide bonds. The summed E-state index contributed by atoms with van der Waals surface area (Å²) in [6, 6.07) is 0. The van der Waals surface area contributed by atoms with Gasteiger partial charge in [0.25, 0.3) is 0 Å². The van der Waals surface area contributed by atoms with Gasteiger partial charge in [-0.25, -0.2) is 4.98 Å². The van der Waals surface area contributed by atoms with Crippen molar-refractivity contribution in [1.29, 1.82) is 0 Å². The SMILES string of the molecule is CCCC(OCC)c1nc(N)nc(C2CCCC2)n1. The number of hydrogen-bond acceptors (Lipinski definition) is 5. The Bertz CT molecular complexity index is 398. The quantitative estimate of drug-likeness (QED) is 0.855. The molecule has 1 aromatic rings. The molecule has 1 saturated carbocycles. The Kier molecular flexibility index (Phi) is 5.07. The molecule has 1 aliphatic carbocycles. The first-order valence-electron chi connectivity index (χ1n) is 7.37. The predicted molar refractivity (Wildman–Crippen MR) is 74.7 cm³/mol. The van der Waals surface area contributed by atoms with Gasteiger partial charge in [-0.2, -0.15) is 9.97 Å². The smallest absolute Gasteiger partial charge is 0.223 e. The van der Waals surface area contributed by atoms with Crippen LogP contribution in [0.25, 0.3) is 0 Å². The predicted octanol–water partition coefficient (Wildman–Crippen LogP) is 2.99. The van der Waals surface area contributed by atoms with Crippen molar-refractivity contribution in [3.8, 4) is 0 Å². The maximum absolute atomic E-state index is 5.84. The van der Waals surface area contributed by atoms with Crippen molar-refractivity contribution in [2.75, 3.05) is 12.3 Å². The monoisotopic (exact) mass is 264 g/mol. The van der Waals surface area contributed by atoms with Gasteiger partial charge in [0.1, 0.15) is 11.9 Å². The third kappa shape index (κ3) is 3.62. The van der Waals surface area contributed by atoms with E-state index in [4.69, 9.17) is 10.5 Å². The van der Waals surface area contributed by atoms with E-state index in [1.54, 1.807) is 0 Å². The van der Waals surface area contributed by atoms with Crippen molar-refractivity contribution in [1.82, 2.24) is 15.0 Å². The molecule has 1 aliphatic rings. The molecular formula is C14H24N4O. The first-order valence-corrected chi connectivity index (χ1v) is 7.37. The lowest BCUT2D eigenvalue weighted by atomic mass is 10.1. The highest BCUT2D eigenvalue weighted by atomic mass is 16.5. The Hall–Kier alpha value is -1.23. The standard InChI is InChI=1S/C14H24N4O/c1-3-7-11(19-4-2)13-16-12(17-14(15)18-13)10-8-5-6-9-10/h10-11H,3-9H2,1-2H3,(H2,15,16,17,18). The lowest BCUT2D eigenvalue weighted by Crippen LogP contribution is -2.15. The van der Waals surface area contributed by atoms with Crippen LogP contribution in [0.1, 0.15) is 76.0 Å². The number of nitrogens with two attached hydrogens (primary N) is 1. The second-order valence-electron chi connectivity index (χ2n) is 5.12. The molecule has 0 spiro atoms. The molecule has 1 fully saturated rings.